The first-order valence-corrected chi connectivity index (χ1v) is 6.61. The molecule has 1 saturated heterocycles. The standard InChI is InChI=1S/C13H25F3N2O/c1-11(2,3)10-8-18(12(4,5)9-17-10)6-7-19-13(14,15)16/h10,17H,6-9H2,1-5H3. The summed E-state index contributed by atoms with van der Waals surface area (Å²) in [6.07, 6.45) is -4.54. The van der Waals surface area contributed by atoms with Crippen molar-refractivity contribution < 1.29 is 17.9 Å². The monoisotopic (exact) mass is 282 g/mol. The van der Waals surface area contributed by atoms with Gasteiger partial charge in [0.1, 0.15) is 0 Å². The number of hydrogen-bond acceptors (Lipinski definition) is 3. The molecule has 0 aliphatic carbocycles. The smallest absolute Gasteiger partial charge is 0.310 e. The van der Waals surface area contributed by atoms with Gasteiger partial charge in [-0.1, -0.05) is 20.8 Å². The summed E-state index contributed by atoms with van der Waals surface area (Å²) in [5.41, 5.74) is -0.0731. The third-order valence-corrected chi connectivity index (χ3v) is 3.71. The summed E-state index contributed by atoms with van der Waals surface area (Å²) in [5, 5.41) is 3.48. The highest BCUT2D eigenvalue weighted by Gasteiger charge is 2.38. The maximum atomic E-state index is 12.0. The van der Waals surface area contributed by atoms with Gasteiger partial charge in [-0.25, -0.2) is 0 Å². The molecule has 1 heterocycles. The van der Waals surface area contributed by atoms with E-state index in [1.807, 2.05) is 13.8 Å². The van der Waals surface area contributed by atoms with Crippen molar-refractivity contribution in [2.24, 2.45) is 5.41 Å². The van der Waals surface area contributed by atoms with E-state index < -0.39 is 6.36 Å². The quantitative estimate of drug-likeness (QED) is 0.861. The summed E-state index contributed by atoms with van der Waals surface area (Å²) in [4.78, 5) is 2.07. The zero-order valence-electron chi connectivity index (χ0n) is 12.4. The molecule has 1 unspecified atom stereocenters. The molecular weight excluding hydrogens is 257 g/mol. The van der Waals surface area contributed by atoms with Crippen LogP contribution >= 0.6 is 0 Å². The molecule has 0 saturated carbocycles. The predicted molar refractivity (Wildman–Crippen MR) is 68.9 cm³/mol. The van der Waals surface area contributed by atoms with Gasteiger partial charge in [-0.05, 0) is 19.3 Å². The van der Waals surface area contributed by atoms with E-state index in [2.05, 4.69) is 35.7 Å². The van der Waals surface area contributed by atoms with Crippen molar-refractivity contribution in [3.63, 3.8) is 0 Å². The van der Waals surface area contributed by atoms with Gasteiger partial charge in [0, 0.05) is 31.2 Å². The average molecular weight is 282 g/mol. The number of hydrogen-bond donors (Lipinski definition) is 1. The zero-order valence-corrected chi connectivity index (χ0v) is 12.4. The van der Waals surface area contributed by atoms with Gasteiger partial charge in [0.25, 0.3) is 0 Å². The van der Waals surface area contributed by atoms with Crippen LogP contribution in [0, 0.1) is 5.41 Å². The summed E-state index contributed by atoms with van der Waals surface area (Å²) < 4.78 is 39.9. The number of rotatable bonds is 3. The van der Waals surface area contributed by atoms with Crippen LogP contribution in [0.4, 0.5) is 13.2 Å². The van der Waals surface area contributed by atoms with E-state index >= 15 is 0 Å². The summed E-state index contributed by atoms with van der Waals surface area (Å²) >= 11 is 0. The fraction of sp³-hybridized carbons (Fsp3) is 1.00. The minimum Gasteiger partial charge on any atom is -0.310 e. The highest BCUT2D eigenvalue weighted by molar-refractivity contribution is 4.96. The Morgan fingerprint density at radius 1 is 1.26 bits per heavy atom. The van der Waals surface area contributed by atoms with Crippen molar-refractivity contribution in [3.05, 3.63) is 0 Å². The number of nitrogens with zero attached hydrogens (tertiary/aromatic N) is 1. The Morgan fingerprint density at radius 2 is 1.84 bits per heavy atom. The second kappa shape index (κ2) is 5.58. The third kappa shape index (κ3) is 5.28. The number of alkyl halides is 3. The molecule has 1 atom stereocenters. The largest absolute Gasteiger partial charge is 0.522 e. The Morgan fingerprint density at radius 3 is 2.32 bits per heavy atom. The summed E-state index contributed by atoms with van der Waals surface area (Å²) in [6, 6.07) is 0.270. The van der Waals surface area contributed by atoms with Gasteiger partial charge >= 0.3 is 6.36 Å². The minimum absolute atomic E-state index is 0.0830. The third-order valence-electron chi connectivity index (χ3n) is 3.71. The normalized spacial score (nSPS) is 25.6. The van der Waals surface area contributed by atoms with Crippen LogP contribution in [0.5, 0.6) is 0 Å². The molecule has 0 aromatic heterocycles. The van der Waals surface area contributed by atoms with Crippen molar-refractivity contribution in [2.75, 3.05) is 26.2 Å². The van der Waals surface area contributed by atoms with Crippen LogP contribution < -0.4 is 5.32 Å². The molecule has 0 amide bonds. The topological polar surface area (TPSA) is 24.5 Å². The fourth-order valence-electron chi connectivity index (χ4n) is 2.26. The Labute approximate surface area is 113 Å². The lowest BCUT2D eigenvalue weighted by atomic mass is 9.83. The lowest BCUT2D eigenvalue weighted by Gasteiger charge is -2.49. The van der Waals surface area contributed by atoms with Crippen molar-refractivity contribution >= 4 is 0 Å². The van der Waals surface area contributed by atoms with Gasteiger partial charge < -0.3 is 5.32 Å². The fourth-order valence-corrected chi connectivity index (χ4v) is 2.26. The highest BCUT2D eigenvalue weighted by Crippen LogP contribution is 2.27. The molecule has 0 spiro atoms. The molecule has 1 N–H and O–H groups in total. The van der Waals surface area contributed by atoms with E-state index in [0.717, 1.165) is 13.1 Å². The maximum Gasteiger partial charge on any atom is 0.522 e. The number of ether oxygens (including phenoxy) is 1. The Kier molecular flexibility index (Phi) is 4.91. The van der Waals surface area contributed by atoms with E-state index in [4.69, 9.17) is 0 Å². The first kappa shape index (κ1) is 16.7. The van der Waals surface area contributed by atoms with Crippen molar-refractivity contribution in [3.8, 4) is 0 Å². The van der Waals surface area contributed by atoms with E-state index in [9.17, 15) is 13.2 Å². The molecule has 0 bridgehead atoms. The lowest BCUT2D eigenvalue weighted by Crippen LogP contribution is -2.65. The molecule has 3 nitrogen and oxygen atoms in total. The first-order chi connectivity index (χ1) is 8.42. The zero-order chi connectivity index (χ0) is 14.9. The van der Waals surface area contributed by atoms with Gasteiger partial charge in [-0.2, -0.15) is 0 Å². The molecular formula is C13H25F3N2O. The summed E-state index contributed by atoms with van der Waals surface area (Å²) in [7, 11) is 0. The summed E-state index contributed by atoms with van der Waals surface area (Å²) in [6.45, 7) is 11.9. The molecule has 1 fully saturated rings. The van der Waals surface area contributed by atoms with Crippen LogP contribution in [0.3, 0.4) is 0 Å². The van der Waals surface area contributed by atoms with Gasteiger partial charge in [0.2, 0.25) is 0 Å². The van der Waals surface area contributed by atoms with Crippen LogP contribution in [-0.4, -0.2) is 49.1 Å². The van der Waals surface area contributed by atoms with E-state index in [1.165, 1.54) is 0 Å². The van der Waals surface area contributed by atoms with E-state index in [-0.39, 0.29) is 23.6 Å². The van der Waals surface area contributed by atoms with Crippen LogP contribution in [-0.2, 0) is 4.74 Å². The molecule has 1 aliphatic rings. The molecule has 0 aromatic rings. The summed E-state index contributed by atoms with van der Waals surface area (Å²) in [5.74, 6) is 0. The number of nitrogens with one attached hydrogen (secondary N) is 1. The van der Waals surface area contributed by atoms with E-state index in [1.54, 1.807) is 0 Å². The Hall–Kier alpha value is -0.330. The number of halogens is 3. The van der Waals surface area contributed by atoms with E-state index in [0.29, 0.717) is 6.54 Å². The lowest BCUT2D eigenvalue weighted by molar-refractivity contribution is -0.325. The molecule has 19 heavy (non-hydrogen) atoms. The average Bonchev–Trinajstić information content (AvgIpc) is 2.16. The molecule has 1 rings (SSSR count). The van der Waals surface area contributed by atoms with Gasteiger partial charge in [-0.15, -0.1) is 13.2 Å². The van der Waals surface area contributed by atoms with Gasteiger partial charge in [0.15, 0.2) is 0 Å². The molecule has 1 aliphatic heterocycles. The Balaban J connectivity index is 2.57. The van der Waals surface area contributed by atoms with Crippen molar-refractivity contribution in [1.82, 2.24) is 10.2 Å². The predicted octanol–water partition coefficient (Wildman–Crippen LogP) is 2.62. The Bertz CT molecular complexity index is 297. The molecule has 0 radical (unpaired) electrons. The molecule has 6 heteroatoms. The minimum atomic E-state index is -4.54. The number of piperazine rings is 1. The second-order valence-corrected chi connectivity index (χ2v) is 6.85. The van der Waals surface area contributed by atoms with Crippen LogP contribution in [0.2, 0.25) is 0 Å². The van der Waals surface area contributed by atoms with Crippen molar-refractivity contribution in [1.29, 1.82) is 0 Å². The maximum absolute atomic E-state index is 12.0. The second-order valence-electron chi connectivity index (χ2n) is 6.85. The SMILES string of the molecule is CC(C)(C)C1CN(CCOC(F)(F)F)C(C)(C)CN1. The van der Waals surface area contributed by atoms with Crippen LogP contribution in [0.1, 0.15) is 34.6 Å². The highest BCUT2D eigenvalue weighted by atomic mass is 19.4. The van der Waals surface area contributed by atoms with Gasteiger partial charge in [-0.3, -0.25) is 9.64 Å². The first-order valence-electron chi connectivity index (χ1n) is 6.61. The van der Waals surface area contributed by atoms with Gasteiger partial charge in [0.05, 0.1) is 6.61 Å². The van der Waals surface area contributed by atoms with Crippen molar-refractivity contribution in [2.45, 2.75) is 52.6 Å². The molecule has 0 aromatic carbocycles. The van der Waals surface area contributed by atoms with Crippen LogP contribution in [0.15, 0.2) is 0 Å². The van der Waals surface area contributed by atoms with Crippen LogP contribution in [0.25, 0.3) is 0 Å². The molecule has 114 valence electrons.